The first-order chi connectivity index (χ1) is 7.25. The molecule has 1 saturated carbocycles. The number of nitrogens with one attached hydrogen (secondary N) is 1. The average Bonchev–Trinajstić information content (AvgIpc) is 2.63. The maximum absolute atomic E-state index is 9.77. The summed E-state index contributed by atoms with van der Waals surface area (Å²) in [6.45, 7) is 0.801. The maximum Gasteiger partial charge on any atom is 0.0693 e. The van der Waals surface area contributed by atoms with Crippen LogP contribution in [0.3, 0.4) is 0 Å². The van der Waals surface area contributed by atoms with Gasteiger partial charge in [0, 0.05) is 31.4 Å². The van der Waals surface area contributed by atoms with Crippen LogP contribution in [-0.4, -0.2) is 27.0 Å². The highest BCUT2D eigenvalue weighted by Gasteiger charge is 2.22. The zero-order chi connectivity index (χ0) is 10.7. The summed E-state index contributed by atoms with van der Waals surface area (Å²) in [6.07, 6.45) is 8.10. The van der Waals surface area contributed by atoms with E-state index in [4.69, 9.17) is 0 Å². The normalized spacial score (nSPS) is 26.8. The van der Waals surface area contributed by atoms with Crippen molar-refractivity contribution in [1.82, 2.24) is 15.1 Å². The minimum atomic E-state index is -0.171. The summed E-state index contributed by atoms with van der Waals surface area (Å²) in [5.74, 6) is 0. The zero-order valence-electron chi connectivity index (χ0n) is 9.19. The largest absolute Gasteiger partial charge is 0.392 e. The smallest absolute Gasteiger partial charge is 0.0693 e. The summed E-state index contributed by atoms with van der Waals surface area (Å²) >= 11 is 0. The number of aliphatic hydroxyl groups is 1. The Morgan fingerprint density at radius 1 is 1.53 bits per heavy atom. The molecule has 2 N–H and O–H groups in total. The summed E-state index contributed by atoms with van der Waals surface area (Å²) in [6, 6.07) is 0.263. The molecule has 2 rings (SSSR count). The summed E-state index contributed by atoms with van der Waals surface area (Å²) in [7, 11) is 1.92. The minimum absolute atomic E-state index is 0.171. The van der Waals surface area contributed by atoms with E-state index in [1.807, 2.05) is 19.4 Å². The van der Waals surface area contributed by atoms with Crippen LogP contribution in [0.15, 0.2) is 12.4 Å². The molecule has 0 bridgehead atoms. The van der Waals surface area contributed by atoms with Crippen molar-refractivity contribution in [2.45, 2.75) is 44.4 Å². The number of aliphatic hydroxyl groups excluding tert-OH is 1. The summed E-state index contributed by atoms with van der Waals surface area (Å²) in [5.41, 5.74) is 1.18. The average molecular weight is 209 g/mol. The standard InChI is InChI=1S/C11H19N3O/c1-14-8-9(7-13-14)6-12-10-4-2-3-5-11(10)15/h7-8,10-12,15H,2-6H2,1H3/t10-,11-/m1/s1. The lowest BCUT2D eigenvalue weighted by molar-refractivity contribution is 0.0902. The maximum atomic E-state index is 9.77. The van der Waals surface area contributed by atoms with Gasteiger partial charge in [0.05, 0.1) is 12.3 Å². The van der Waals surface area contributed by atoms with Gasteiger partial charge in [-0.25, -0.2) is 0 Å². The van der Waals surface area contributed by atoms with Crippen LogP contribution < -0.4 is 5.32 Å². The summed E-state index contributed by atoms with van der Waals surface area (Å²) in [5, 5.41) is 17.3. The van der Waals surface area contributed by atoms with Crippen LogP contribution in [0.2, 0.25) is 0 Å². The Balaban J connectivity index is 1.81. The molecule has 0 aromatic carbocycles. The lowest BCUT2D eigenvalue weighted by Gasteiger charge is -2.28. The van der Waals surface area contributed by atoms with E-state index in [0.717, 1.165) is 25.8 Å². The van der Waals surface area contributed by atoms with Gasteiger partial charge in [0.1, 0.15) is 0 Å². The van der Waals surface area contributed by atoms with Gasteiger partial charge in [-0.05, 0) is 12.8 Å². The van der Waals surface area contributed by atoms with Gasteiger partial charge >= 0.3 is 0 Å². The zero-order valence-corrected chi connectivity index (χ0v) is 9.19. The van der Waals surface area contributed by atoms with Gasteiger partial charge in [0.25, 0.3) is 0 Å². The number of nitrogens with zero attached hydrogens (tertiary/aromatic N) is 2. The molecule has 1 fully saturated rings. The Morgan fingerprint density at radius 2 is 2.33 bits per heavy atom. The van der Waals surface area contributed by atoms with E-state index in [1.54, 1.807) is 4.68 Å². The molecule has 4 nitrogen and oxygen atoms in total. The van der Waals surface area contributed by atoms with Gasteiger partial charge < -0.3 is 10.4 Å². The van der Waals surface area contributed by atoms with Crippen LogP contribution in [-0.2, 0) is 13.6 Å². The van der Waals surface area contributed by atoms with Crippen molar-refractivity contribution >= 4 is 0 Å². The SMILES string of the molecule is Cn1cc(CN[C@@H]2CCCC[C@H]2O)cn1. The van der Waals surface area contributed by atoms with Crippen molar-refractivity contribution in [1.29, 1.82) is 0 Å². The lowest BCUT2D eigenvalue weighted by Crippen LogP contribution is -2.41. The van der Waals surface area contributed by atoms with Crippen LogP contribution >= 0.6 is 0 Å². The molecule has 1 aromatic rings. The van der Waals surface area contributed by atoms with Gasteiger partial charge in [0.2, 0.25) is 0 Å². The number of aromatic nitrogens is 2. The van der Waals surface area contributed by atoms with Crippen molar-refractivity contribution < 1.29 is 5.11 Å². The first-order valence-corrected chi connectivity index (χ1v) is 5.64. The van der Waals surface area contributed by atoms with Crippen LogP contribution in [0.25, 0.3) is 0 Å². The Bertz CT molecular complexity index is 311. The van der Waals surface area contributed by atoms with E-state index in [1.165, 1.54) is 12.0 Å². The lowest BCUT2D eigenvalue weighted by atomic mass is 9.92. The predicted octanol–water partition coefficient (Wildman–Crippen LogP) is 0.813. The predicted molar refractivity (Wildman–Crippen MR) is 58.3 cm³/mol. The van der Waals surface area contributed by atoms with E-state index >= 15 is 0 Å². The van der Waals surface area contributed by atoms with E-state index < -0.39 is 0 Å². The second kappa shape index (κ2) is 4.77. The molecule has 1 aliphatic rings. The summed E-state index contributed by atoms with van der Waals surface area (Å²) < 4.78 is 1.80. The monoisotopic (exact) mass is 209 g/mol. The van der Waals surface area contributed by atoms with E-state index in [-0.39, 0.29) is 12.1 Å². The third-order valence-electron chi connectivity index (χ3n) is 3.06. The third kappa shape index (κ3) is 2.79. The molecule has 1 heterocycles. The van der Waals surface area contributed by atoms with Gasteiger partial charge in [-0.1, -0.05) is 12.8 Å². The molecule has 1 aliphatic carbocycles. The van der Waals surface area contributed by atoms with E-state index in [9.17, 15) is 5.11 Å². The van der Waals surface area contributed by atoms with Gasteiger partial charge in [-0.3, -0.25) is 4.68 Å². The highest BCUT2D eigenvalue weighted by molar-refractivity contribution is 5.03. The van der Waals surface area contributed by atoms with E-state index in [2.05, 4.69) is 10.4 Å². The molecule has 0 radical (unpaired) electrons. The van der Waals surface area contributed by atoms with Crippen LogP contribution in [0, 0.1) is 0 Å². The van der Waals surface area contributed by atoms with Gasteiger partial charge in [0.15, 0.2) is 0 Å². The van der Waals surface area contributed by atoms with Gasteiger partial charge in [-0.2, -0.15) is 5.10 Å². The van der Waals surface area contributed by atoms with Gasteiger partial charge in [-0.15, -0.1) is 0 Å². The van der Waals surface area contributed by atoms with E-state index in [0.29, 0.717) is 0 Å². The van der Waals surface area contributed by atoms with Crippen molar-refractivity contribution in [3.8, 4) is 0 Å². The first-order valence-electron chi connectivity index (χ1n) is 5.64. The molecule has 15 heavy (non-hydrogen) atoms. The Hall–Kier alpha value is -0.870. The Morgan fingerprint density at radius 3 is 3.00 bits per heavy atom. The Labute approximate surface area is 90.3 Å². The fourth-order valence-corrected chi connectivity index (χ4v) is 2.16. The molecule has 0 amide bonds. The molecule has 4 heteroatoms. The third-order valence-corrected chi connectivity index (χ3v) is 3.06. The highest BCUT2D eigenvalue weighted by atomic mass is 16.3. The number of hydrogen-bond donors (Lipinski definition) is 2. The fraction of sp³-hybridized carbons (Fsp3) is 0.727. The molecular formula is C11H19N3O. The molecule has 0 spiro atoms. The number of hydrogen-bond acceptors (Lipinski definition) is 3. The molecule has 2 atom stereocenters. The van der Waals surface area contributed by atoms with Crippen LogP contribution in [0.1, 0.15) is 31.2 Å². The minimum Gasteiger partial charge on any atom is -0.392 e. The first kappa shape index (κ1) is 10.6. The molecule has 84 valence electrons. The number of aryl methyl sites for hydroxylation is 1. The molecular weight excluding hydrogens is 190 g/mol. The van der Waals surface area contributed by atoms with Crippen molar-refractivity contribution in [2.75, 3.05) is 0 Å². The van der Waals surface area contributed by atoms with Crippen molar-refractivity contribution in [3.05, 3.63) is 18.0 Å². The Kier molecular flexibility index (Phi) is 3.38. The fourth-order valence-electron chi connectivity index (χ4n) is 2.16. The quantitative estimate of drug-likeness (QED) is 0.774. The highest BCUT2D eigenvalue weighted by Crippen LogP contribution is 2.18. The van der Waals surface area contributed by atoms with Crippen molar-refractivity contribution in [3.63, 3.8) is 0 Å². The molecule has 0 unspecified atom stereocenters. The van der Waals surface area contributed by atoms with Crippen LogP contribution in [0.5, 0.6) is 0 Å². The molecule has 0 saturated heterocycles. The molecule has 1 aromatic heterocycles. The summed E-state index contributed by atoms with van der Waals surface area (Å²) in [4.78, 5) is 0. The number of rotatable bonds is 3. The topological polar surface area (TPSA) is 50.1 Å². The van der Waals surface area contributed by atoms with Crippen LogP contribution in [0.4, 0.5) is 0 Å². The molecule has 0 aliphatic heterocycles. The van der Waals surface area contributed by atoms with Crippen molar-refractivity contribution in [2.24, 2.45) is 7.05 Å². The second-order valence-corrected chi connectivity index (χ2v) is 4.36. The second-order valence-electron chi connectivity index (χ2n) is 4.36.